The molecule has 0 bridgehead atoms. The third-order valence-corrected chi connectivity index (χ3v) is 3.08. The van der Waals surface area contributed by atoms with E-state index in [4.69, 9.17) is 5.73 Å². The predicted octanol–water partition coefficient (Wildman–Crippen LogP) is 0.520. The van der Waals surface area contributed by atoms with Crippen LogP contribution in [-0.2, 0) is 11.3 Å². The van der Waals surface area contributed by atoms with Crippen LogP contribution in [0.5, 0.6) is 0 Å². The molecule has 7 nitrogen and oxygen atoms in total. The molecule has 0 aliphatic rings. The molecule has 1 aromatic heterocycles. The van der Waals surface area contributed by atoms with E-state index in [0.717, 1.165) is 4.57 Å². The number of nitrogen functional groups attached to an aromatic ring is 1. The Labute approximate surface area is 121 Å². The van der Waals surface area contributed by atoms with Gasteiger partial charge in [-0.2, -0.15) is 0 Å². The van der Waals surface area contributed by atoms with Crippen molar-refractivity contribution in [3.8, 4) is 0 Å². The van der Waals surface area contributed by atoms with Gasteiger partial charge in [-0.05, 0) is 28.1 Å². The zero-order valence-corrected chi connectivity index (χ0v) is 11.8. The Morgan fingerprint density at radius 1 is 1.35 bits per heavy atom. The third-order valence-electron chi connectivity index (χ3n) is 2.52. The zero-order chi connectivity index (χ0) is 14.7. The fraction of sp³-hybridized carbons (Fsp3) is 0.0833. The van der Waals surface area contributed by atoms with Gasteiger partial charge in [-0.15, -0.1) is 0 Å². The molecule has 0 aliphatic carbocycles. The molecule has 0 unspecified atom stereocenters. The first-order valence-corrected chi connectivity index (χ1v) is 6.40. The van der Waals surface area contributed by atoms with Gasteiger partial charge in [0.15, 0.2) is 0 Å². The molecule has 1 amide bonds. The standard InChI is InChI=1S/C12H11BrN4O3/c13-7-5-17(12(20)16-11(7)19)6-10(18)15-9-4-2-1-3-8(9)14/h1-5H,6,14H2,(H,15,18)(H,16,19,20). The number of aromatic amines is 1. The van der Waals surface area contributed by atoms with Crippen molar-refractivity contribution in [2.45, 2.75) is 6.54 Å². The van der Waals surface area contributed by atoms with Crippen molar-refractivity contribution in [1.82, 2.24) is 9.55 Å². The number of halogens is 1. The Bertz CT molecular complexity index is 766. The summed E-state index contributed by atoms with van der Waals surface area (Å²) >= 11 is 2.99. The summed E-state index contributed by atoms with van der Waals surface area (Å²) in [5.41, 5.74) is 5.39. The van der Waals surface area contributed by atoms with Crippen molar-refractivity contribution in [3.05, 3.63) is 55.8 Å². The Morgan fingerprint density at radius 2 is 2.05 bits per heavy atom. The van der Waals surface area contributed by atoms with Crippen LogP contribution in [-0.4, -0.2) is 15.5 Å². The van der Waals surface area contributed by atoms with Crippen LogP contribution in [0.4, 0.5) is 11.4 Å². The van der Waals surface area contributed by atoms with Crippen LogP contribution in [0, 0.1) is 0 Å². The van der Waals surface area contributed by atoms with Gasteiger partial charge in [0.05, 0.1) is 15.8 Å². The summed E-state index contributed by atoms with van der Waals surface area (Å²) in [6.07, 6.45) is 1.26. The van der Waals surface area contributed by atoms with Gasteiger partial charge in [0.2, 0.25) is 5.91 Å². The van der Waals surface area contributed by atoms with E-state index in [9.17, 15) is 14.4 Å². The van der Waals surface area contributed by atoms with Crippen LogP contribution in [0.25, 0.3) is 0 Å². The number of benzene rings is 1. The highest BCUT2D eigenvalue weighted by molar-refractivity contribution is 9.10. The SMILES string of the molecule is Nc1ccccc1NC(=O)Cn1cc(Br)c(=O)[nH]c1=O. The lowest BCUT2D eigenvalue weighted by molar-refractivity contribution is -0.116. The average molecular weight is 339 g/mol. The summed E-state index contributed by atoms with van der Waals surface area (Å²) < 4.78 is 1.25. The molecule has 0 atom stereocenters. The first-order valence-electron chi connectivity index (χ1n) is 5.61. The van der Waals surface area contributed by atoms with Gasteiger partial charge in [0.1, 0.15) is 6.54 Å². The molecule has 2 aromatic rings. The smallest absolute Gasteiger partial charge is 0.328 e. The molecular formula is C12H11BrN4O3. The second kappa shape index (κ2) is 5.74. The largest absolute Gasteiger partial charge is 0.397 e. The van der Waals surface area contributed by atoms with Crippen LogP contribution in [0.15, 0.2) is 44.5 Å². The van der Waals surface area contributed by atoms with Gasteiger partial charge in [-0.25, -0.2) is 4.79 Å². The molecule has 8 heteroatoms. The van der Waals surface area contributed by atoms with Crippen molar-refractivity contribution in [2.75, 3.05) is 11.1 Å². The van der Waals surface area contributed by atoms with Gasteiger partial charge < -0.3 is 11.1 Å². The number of hydrogen-bond acceptors (Lipinski definition) is 4. The van der Waals surface area contributed by atoms with Gasteiger partial charge in [0, 0.05) is 6.20 Å². The summed E-state index contributed by atoms with van der Waals surface area (Å²) in [5, 5.41) is 2.59. The molecule has 20 heavy (non-hydrogen) atoms. The maximum absolute atomic E-state index is 11.8. The van der Waals surface area contributed by atoms with E-state index in [2.05, 4.69) is 26.2 Å². The van der Waals surface area contributed by atoms with Crippen LogP contribution >= 0.6 is 15.9 Å². The summed E-state index contributed by atoms with van der Waals surface area (Å²) in [7, 11) is 0. The van der Waals surface area contributed by atoms with Crippen molar-refractivity contribution < 1.29 is 4.79 Å². The number of nitrogens with two attached hydrogens (primary N) is 1. The average Bonchev–Trinajstić information content (AvgIpc) is 2.39. The topological polar surface area (TPSA) is 110 Å². The Balaban J connectivity index is 2.17. The second-order valence-electron chi connectivity index (χ2n) is 4.00. The minimum Gasteiger partial charge on any atom is -0.397 e. The molecule has 0 fully saturated rings. The highest BCUT2D eigenvalue weighted by Crippen LogP contribution is 2.16. The normalized spacial score (nSPS) is 10.2. The third kappa shape index (κ3) is 3.15. The van der Waals surface area contributed by atoms with Crippen LogP contribution in [0.3, 0.4) is 0 Å². The highest BCUT2D eigenvalue weighted by atomic mass is 79.9. The van der Waals surface area contributed by atoms with Gasteiger partial charge in [-0.3, -0.25) is 19.1 Å². The minimum absolute atomic E-state index is 0.170. The van der Waals surface area contributed by atoms with E-state index in [-0.39, 0.29) is 11.0 Å². The second-order valence-corrected chi connectivity index (χ2v) is 4.85. The number of para-hydroxylation sites is 2. The van der Waals surface area contributed by atoms with E-state index < -0.39 is 17.2 Å². The van der Waals surface area contributed by atoms with E-state index in [0.29, 0.717) is 11.4 Å². The van der Waals surface area contributed by atoms with Crippen LogP contribution < -0.4 is 22.3 Å². The quantitative estimate of drug-likeness (QED) is 0.708. The lowest BCUT2D eigenvalue weighted by atomic mass is 10.2. The van der Waals surface area contributed by atoms with Gasteiger partial charge in [-0.1, -0.05) is 12.1 Å². The minimum atomic E-state index is -0.658. The number of nitrogens with zero attached hydrogens (tertiary/aromatic N) is 1. The Kier molecular flexibility index (Phi) is 4.04. The number of carbonyl (C=O) groups is 1. The zero-order valence-electron chi connectivity index (χ0n) is 10.2. The summed E-state index contributed by atoms with van der Waals surface area (Å²) in [6.45, 7) is -0.234. The summed E-state index contributed by atoms with van der Waals surface area (Å²) in [6, 6.07) is 6.78. The Morgan fingerprint density at radius 3 is 2.75 bits per heavy atom. The molecule has 1 heterocycles. The number of hydrogen-bond donors (Lipinski definition) is 3. The van der Waals surface area contributed by atoms with Crippen molar-refractivity contribution in [1.29, 1.82) is 0 Å². The number of H-pyrrole nitrogens is 1. The number of carbonyl (C=O) groups excluding carboxylic acids is 1. The first kappa shape index (κ1) is 14.1. The van der Waals surface area contributed by atoms with Crippen LogP contribution in [0.2, 0.25) is 0 Å². The molecule has 104 valence electrons. The molecule has 0 radical (unpaired) electrons. The Hall–Kier alpha value is -2.35. The van der Waals surface area contributed by atoms with Crippen LogP contribution in [0.1, 0.15) is 0 Å². The number of aromatic nitrogens is 2. The maximum Gasteiger partial charge on any atom is 0.328 e. The molecule has 0 aliphatic heterocycles. The fourth-order valence-corrected chi connectivity index (χ4v) is 1.90. The number of amides is 1. The van der Waals surface area contributed by atoms with Crippen molar-refractivity contribution in [2.24, 2.45) is 0 Å². The molecule has 0 spiro atoms. The first-order chi connectivity index (χ1) is 9.47. The molecule has 0 saturated carbocycles. The monoisotopic (exact) mass is 338 g/mol. The van der Waals surface area contributed by atoms with E-state index in [1.54, 1.807) is 24.3 Å². The summed E-state index contributed by atoms with van der Waals surface area (Å²) in [4.78, 5) is 36.6. The molecular weight excluding hydrogens is 328 g/mol. The molecule has 2 rings (SSSR count). The summed E-state index contributed by atoms with van der Waals surface area (Å²) in [5.74, 6) is -0.427. The van der Waals surface area contributed by atoms with Crippen molar-refractivity contribution >= 4 is 33.2 Å². The van der Waals surface area contributed by atoms with E-state index in [1.807, 2.05) is 0 Å². The van der Waals surface area contributed by atoms with Gasteiger partial charge >= 0.3 is 5.69 Å². The van der Waals surface area contributed by atoms with E-state index >= 15 is 0 Å². The fourth-order valence-electron chi connectivity index (χ4n) is 1.56. The van der Waals surface area contributed by atoms with E-state index in [1.165, 1.54) is 6.20 Å². The predicted molar refractivity (Wildman–Crippen MR) is 78.5 cm³/mol. The van der Waals surface area contributed by atoms with Gasteiger partial charge in [0.25, 0.3) is 5.56 Å². The molecule has 4 N–H and O–H groups in total. The number of anilines is 2. The molecule has 1 aromatic carbocycles. The maximum atomic E-state index is 11.8. The lowest BCUT2D eigenvalue weighted by Crippen LogP contribution is -2.33. The lowest BCUT2D eigenvalue weighted by Gasteiger charge is -2.09. The number of rotatable bonds is 3. The van der Waals surface area contributed by atoms with Crippen molar-refractivity contribution in [3.63, 3.8) is 0 Å². The number of nitrogens with one attached hydrogen (secondary N) is 2. The molecule has 0 saturated heterocycles. The highest BCUT2D eigenvalue weighted by Gasteiger charge is 2.08.